The fourth-order valence-electron chi connectivity index (χ4n) is 2.57. The zero-order chi connectivity index (χ0) is 16.9. The van der Waals surface area contributed by atoms with Crippen molar-refractivity contribution in [2.45, 2.75) is 25.8 Å². The van der Waals surface area contributed by atoms with Crippen LogP contribution in [0.25, 0.3) is 10.8 Å². The predicted molar refractivity (Wildman–Crippen MR) is 86.4 cm³/mol. The molecule has 0 aliphatic heterocycles. The van der Waals surface area contributed by atoms with Crippen LogP contribution in [0.15, 0.2) is 42.5 Å². The van der Waals surface area contributed by atoms with Crippen molar-refractivity contribution in [3.05, 3.63) is 48.0 Å². The molecule has 23 heavy (non-hydrogen) atoms. The summed E-state index contributed by atoms with van der Waals surface area (Å²) >= 11 is 0. The van der Waals surface area contributed by atoms with Crippen molar-refractivity contribution in [3.63, 3.8) is 0 Å². The van der Waals surface area contributed by atoms with Crippen molar-refractivity contribution < 1.29 is 14.3 Å². The quantitative estimate of drug-likeness (QED) is 0.860. The smallest absolute Gasteiger partial charge is 0.347 e. The molecule has 0 aliphatic rings. The molecule has 0 spiro atoms. The van der Waals surface area contributed by atoms with E-state index in [1.807, 2.05) is 48.5 Å². The summed E-state index contributed by atoms with van der Waals surface area (Å²) in [4.78, 5) is 23.8. The molecular weight excluding hydrogens is 292 g/mol. The van der Waals surface area contributed by atoms with Crippen LogP contribution in [-0.2, 0) is 20.7 Å². The molecule has 5 heteroatoms. The number of ether oxygens (including phenoxy) is 1. The van der Waals surface area contributed by atoms with E-state index in [0.29, 0.717) is 0 Å². The summed E-state index contributed by atoms with van der Waals surface area (Å²) < 4.78 is 5.01. The Hall–Kier alpha value is -2.87. The van der Waals surface area contributed by atoms with Crippen molar-refractivity contribution in [2.24, 2.45) is 0 Å². The number of nitrogens with one attached hydrogen (secondary N) is 1. The van der Waals surface area contributed by atoms with E-state index in [-0.39, 0.29) is 13.0 Å². The number of carbonyl (C=O) groups excluding carboxylic acids is 2. The van der Waals surface area contributed by atoms with Crippen LogP contribution in [0.2, 0.25) is 0 Å². The number of nitrogens with zero attached hydrogens (tertiary/aromatic N) is 1. The number of carbonyl (C=O) groups is 2. The van der Waals surface area contributed by atoms with E-state index in [9.17, 15) is 14.9 Å². The average Bonchev–Trinajstić information content (AvgIpc) is 2.54. The third kappa shape index (κ3) is 3.49. The Morgan fingerprint density at radius 2 is 1.91 bits per heavy atom. The lowest BCUT2D eigenvalue weighted by atomic mass is 9.89. The number of rotatable bonds is 5. The van der Waals surface area contributed by atoms with Gasteiger partial charge in [0.05, 0.1) is 6.61 Å². The van der Waals surface area contributed by atoms with Crippen LogP contribution >= 0.6 is 0 Å². The first-order valence-corrected chi connectivity index (χ1v) is 7.36. The molecule has 0 bridgehead atoms. The van der Waals surface area contributed by atoms with Gasteiger partial charge >= 0.3 is 5.97 Å². The van der Waals surface area contributed by atoms with E-state index in [2.05, 4.69) is 5.32 Å². The molecule has 2 rings (SSSR count). The normalized spacial score (nSPS) is 12.9. The molecule has 0 saturated heterocycles. The van der Waals surface area contributed by atoms with Gasteiger partial charge in [-0.25, -0.2) is 4.79 Å². The van der Waals surface area contributed by atoms with E-state index in [1.54, 1.807) is 6.92 Å². The number of hydrogen-bond acceptors (Lipinski definition) is 4. The maximum Gasteiger partial charge on any atom is 0.347 e. The first-order chi connectivity index (χ1) is 11.0. The van der Waals surface area contributed by atoms with Crippen LogP contribution in [0.4, 0.5) is 0 Å². The summed E-state index contributed by atoms with van der Waals surface area (Å²) in [6.07, 6.45) is 0.0449. The van der Waals surface area contributed by atoms with E-state index in [0.717, 1.165) is 16.3 Å². The van der Waals surface area contributed by atoms with Crippen molar-refractivity contribution >= 4 is 22.6 Å². The van der Waals surface area contributed by atoms with Gasteiger partial charge < -0.3 is 10.1 Å². The maximum absolute atomic E-state index is 12.3. The fourth-order valence-corrected chi connectivity index (χ4v) is 2.57. The third-order valence-corrected chi connectivity index (χ3v) is 3.54. The molecule has 0 radical (unpaired) electrons. The van der Waals surface area contributed by atoms with Gasteiger partial charge in [0, 0.05) is 13.3 Å². The van der Waals surface area contributed by atoms with Gasteiger partial charge in [-0.05, 0) is 23.3 Å². The highest BCUT2D eigenvalue weighted by Gasteiger charge is 2.42. The summed E-state index contributed by atoms with van der Waals surface area (Å²) in [5, 5.41) is 14.0. The number of hydrogen-bond donors (Lipinski definition) is 1. The summed E-state index contributed by atoms with van der Waals surface area (Å²) in [7, 11) is 0. The van der Waals surface area contributed by atoms with Crippen LogP contribution in [0.5, 0.6) is 0 Å². The highest BCUT2D eigenvalue weighted by atomic mass is 16.5. The van der Waals surface area contributed by atoms with Gasteiger partial charge in [-0.15, -0.1) is 0 Å². The number of benzene rings is 2. The zero-order valence-corrected chi connectivity index (χ0v) is 13.1. The van der Waals surface area contributed by atoms with E-state index < -0.39 is 17.4 Å². The SMILES string of the molecule is CCOC(=O)C(C#N)(Cc1cccc2ccccc12)NC(C)=O. The van der Waals surface area contributed by atoms with E-state index in [1.165, 1.54) is 6.92 Å². The lowest BCUT2D eigenvalue weighted by molar-refractivity contribution is -0.150. The minimum Gasteiger partial charge on any atom is -0.463 e. The van der Waals surface area contributed by atoms with Gasteiger partial charge in [0.15, 0.2) is 0 Å². The number of fused-ring (bicyclic) bond motifs is 1. The Balaban J connectivity index is 2.50. The van der Waals surface area contributed by atoms with Crippen molar-refractivity contribution in [1.29, 1.82) is 5.26 Å². The molecule has 0 aliphatic carbocycles. The Labute approximate surface area is 134 Å². The minimum atomic E-state index is -1.73. The van der Waals surface area contributed by atoms with Crippen LogP contribution in [0.3, 0.4) is 0 Å². The molecule has 1 unspecified atom stereocenters. The van der Waals surface area contributed by atoms with Crippen LogP contribution in [0, 0.1) is 11.3 Å². The second-order valence-corrected chi connectivity index (χ2v) is 5.23. The molecular formula is C18H18N2O3. The lowest BCUT2D eigenvalue weighted by Gasteiger charge is -2.25. The third-order valence-electron chi connectivity index (χ3n) is 3.54. The van der Waals surface area contributed by atoms with E-state index in [4.69, 9.17) is 4.74 Å². The molecule has 0 saturated carbocycles. The van der Waals surface area contributed by atoms with Gasteiger partial charge in [0.25, 0.3) is 0 Å². The Morgan fingerprint density at radius 1 is 1.22 bits per heavy atom. The van der Waals surface area contributed by atoms with Crippen LogP contribution < -0.4 is 5.32 Å². The Kier molecular flexibility index (Phi) is 4.97. The maximum atomic E-state index is 12.3. The lowest BCUT2D eigenvalue weighted by Crippen LogP contribution is -2.55. The first-order valence-electron chi connectivity index (χ1n) is 7.36. The first kappa shape index (κ1) is 16.5. The van der Waals surface area contributed by atoms with Crippen molar-refractivity contribution in [1.82, 2.24) is 5.32 Å². The second-order valence-electron chi connectivity index (χ2n) is 5.23. The largest absolute Gasteiger partial charge is 0.463 e. The molecule has 2 aromatic carbocycles. The summed E-state index contributed by atoms with van der Waals surface area (Å²) in [5.74, 6) is -1.20. The monoisotopic (exact) mass is 310 g/mol. The molecule has 1 atom stereocenters. The summed E-state index contributed by atoms with van der Waals surface area (Å²) in [6, 6.07) is 15.3. The van der Waals surface area contributed by atoms with Crippen molar-refractivity contribution in [2.75, 3.05) is 6.61 Å². The molecule has 0 heterocycles. The molecule has 5 nitrogen and oxygen atoms in total. The molecule has 1 N–H and O–H groups in total. The summed E-state index contributed by atoms with van der Waals surface area (Å²) in [5.41, 5.74) is -0.933. The van der Waals surface area contributed by atoms with Gasteiger partial charge in [-0.2, -0.15) is 5.26 Å². The topological polar surface area (TPSA) is 79.2 Å². The average molecular weight is 310 g/mol. The summed E-state index contributed by atoms with van der Waals surface area (Å²) in [6.45, 7) is 3.07. The van der Waals surface area contributed by atoms with Gasteiger partial charge in [-0.3, -0.25) is 4.79 Å². The number of esters is 1. The minimum absolute atomic E-state index is 0.0449. The van der Waals surface area contributed by atoms with Gasteiger partial charge in [0.2, 0.25) is 11.4 Å². The molecule has 118 valence electrons. The highest BCUT2D eigenvalue weighted by Crippen LogP contribution is 2.23. The van der Waals surface area contributed by atoms with Crippen LogP contribution in [-0.4, -0.2) is 24.0 Å². The van der Waals surface area contributed by atoms with Gasteiger partial charge in [-0.1, -0.05) is 42.5 Å². The standard InChI is InChI=1S/C18H18N2O3/c1-3-23-17(22)18(12-19,20-13(2)21)11-15-9-6-8-14-7-4-5-10-16(14)15/h4-10H,3,11H2,1-2H3,(H,20,21). The second kappa shape index (κ2) is 6.93. The van der Waals surface area contributed by atoms with E-state index >= 15 is 0 Å². The predicted octanol–water partition coefficient (Wildman–Crippen LogP) is 2.34. The van der Waals surface area contributed by atoms with Gasteiger partial charge in [0.1, 0.15) is 6.07 Å². The zero-order valence-electron chi connectivity index (χ0n) is 13.1. The number of nitriles is 1. The highest BCUT2D eigenvalue weighted by molar-refractivity contribution is 5.92. The molecule has 2 aromatic rings. The molecule has 1 amide bonds. The Morgan fingerprint density at radius 3 is 2.57 bits per heavy atom. The van der Waals surface area contributed by atoms with Crippen molar-refractivity contribution in [3.8, 4) is 6.07 Å². The number of amides is 1. The fraction of sp³-hybridized carbons (Fsp3) is 0.278. The van der Waals surface area contributed by atoms with Crippen LogP contribution in [0.1, 0.15) is 19.4 Å². The molecule has 0 fully saturated rings. The Bertz CT molecular complexity index is 774. The molecule has 0 aromatic heterocycles.